The summed E-state index contributed by atoms with van der Waals surface area (Å²) in [5, 5.41) is 0. The number of ether oxygens (including phenoxy) is 2. The predicted molar refractivity (Wildman–Crippen MR) is 201 cm³/mol. The zero-order valence-corrected chi connectivity index (χ0v) is 32.4. The monoisotopic (exact) mass is 704 g/mol. The van der Waals surface area contributed by atoms with E-state index in [1.54, 1.807) is 6.26 Å². The number of hydrogen-bond donors (Lipinski definition) is 2. The maximum Gasteiger partial charge on any atom is 0.472 e. The molecule has 0 aliphatic heterocycles. The Balaban J connectivity index is 4.07. The Kier molecular flexibility index (Phi) is 36.6. The summed E-state index contributed by atoms with van der Waals surface area (Å²) >= 11 is 0. The van der Waals surface area contributed by atoms with E-state index in [1.807, 2.05) is 6.08 Å². The molecule has 0 aromatic heterocycles. The number of esters is 1. The molecular weight excluding hydrogens is 625 g/mol. The van der Waals surface area contributed by atoms with Crippen molar-refractivity contribution in [2.75, 3.05) is 26.4 Å². The molecule has 0 rings (SSSR count). The van der Waals surface area contributed by atoms with Crippen molar-refractivity contribution in [2.24, 2.45) is 5.73 Å². The minimum absolute atomic E-state index is 0.0581. The molecule has 9 heteroatoms. The number of carbonyl (C=O) groups excluding carboxylic acids is 1. The maximum absolute atomic E-state index is 12.4. The SMILES string of the molecule is CCCCCCCCCCCCCCC=COC(COC(=O)CCCCCCCCCCCCCCCCC)COP(=O)(O)OCCN. The Labute approximate surface area is 296 Å². The number of nitrogens with two attached hydrogens (primary N) is 1. The predicted octanol–water partition coefficient (Wildman–Crippen LogP) is 11.9. The van der Waals surface area contributed by atoms with Gasteiger partial charge < -0.3 is 20.1 Å². The number of allylic oxidation sites excluding steroid dienone is 1. The number of phosphoric ester groups is 1. The van der Waals surface area contributed by atoms with Crippen LogP contribution in [0.1, 0.15) is 200 Å². The third-order valence-electron chi connectivity index (χ3n) is 8.80. The van der Waals surface area contributed by atoms with E-state index in [-0.39, 0.29) is 32.3 Å². The molecule has 286 valence electrons. The van der Waals surface area contributed by atoms with Gasteiger partial charge in [-0.15, -0.1) is 0 Å². The van der Waals surface area contributed by atoms with E-state index in [1.165, 1.54) is 148 Å². The Morgan fingerprint density at radius 1 is 0.625 bits per heavy atom. The Morgan fingerprint density at radius 2 is 1.04 bits per heavy atom. The first kappa shape index (κ1) is 47.1. The van der Waals surface area contributed by atoms with E-state index in [2.05, 4.69) is 13.8 Å². The number of unbranched alkanes of at least 4 members (excludes halogenated alkanes) is 26. The molecule has 0 bridgehead atoms. The molecule has 0 spiro atoms. The van der Waals surface area contributed by atoms with Gasteiger partial charge in [-0.25, -0.2) is 4.57 Å². The van der Waals surface area contributed by atoms with E-state index in [0.29, 0.717) is 6.42 Å². The van der Waals surface area contributed by atoms with Crippen LogP contribution in [0, 0.1) is 0 Å². The van der Waals surface area contributed by atoms with Gasteiger partial charge in [-0.3, -0.25) is 13.8 Å². The summed E-state index contributed by atoms with van der Waals surface area (Å²) < 4.78 is 33.1. The highest BCUT2D eigenvalue weighted by Crippen LogP contribution is 2.43. The Hall–Kier alpha value is -0.920. The van der Waals surface area contributed by atoms with Gasteiger partial charge in [-0.2, -0.15) is 0 Å². The molecule has 0 radical (unpaired) electrons. The third kappa shape index (κ3) is 36.4. The first-order valence-electron chi connectivity index (χ1n) is 20.2. The molecular formula is C39H78NO7P. The fraction of sp³-hybridized carbons (Fsp3) is 0.923. The van der Waals surface area contributed by atoms with Gasteiger partial charge in [0.25, 0.3) is 0 Å². The van der Waals surface area contributed by atoms with Gasteiger partial charge in [0.2, 0.25) is 0 Å². The molecule has 0 amide bonds. The molecule has 0 aliphatic carbocycles. The summed E-state index contributed by atoms with van der Waals surface area (Å²) in [6, 6.07) is 0. The molecule has 0 saturated carbocycles. The van der Waals surface area contributed by atoms with Crippen LogP contribution in [-0.2, 0) is 27.9 Å². The Bertz CT molecular complexity index is 752. The van der Waals surface area contributed by atoms with Crippen LogP contribution in [0.5, 0.6) is 0 Å². The van der Waals surface area contributed by atoms with Crippen molar-refractivity contribution < 1.29 is 32.8 Å². The molecule has 2 unspecified atom stereocenters. The highest BCUT2D eigenvalue weighted by molar-refractivity contribution is 7.47. The van der Waals surface area contributed by atoms with Crippen LogP contribution >= 0.6 is 7.82 Å². The number of hydrogen-bond acceptors (Lipinski definition) is 7. The van der Waals surface area contributed by atoms with Gasteiger partial charge in [-0.05, 0) is 25.3 Å². The average Bonchev–Trinajstić information content (AvgIpc) is 3.08. The van der Waals surface area contributed by atoms with Crippen LogP contribution in [0.15, 0.2) is 12.3 Å². The van der Waals surface area contributed by atoms with Gasteiger partial charge in [0.1, 0.15) is 6.61 Å². The first-order chi connectivity index (χ1) is 23.4. The first-order valence-corrected chi connectivity index (χ1v) is 21.7. The number of phosphoric acid groups is 1. The van der Waals surface area contributed by atoms with E-state index in [4.69, 9.17) is 24.3 Å². The van der Waals surface area contributed by atoms with Crippen molar-refractivity contribution >= 4 is 13.8 Å². The lowest BCUT2D eigenvalue weighted by atomic mass is 10.0. The quantitative estimate of drug-likeness (QED) is 0.0281. The second-order valence-electron chi connectivity index (χ2n) is 13.6. The topological polar surface area (TPSA) is 117 Å². The molecule has 0 aliphatic rings. The average molecular weight is 704 g/mol. The van der Waals surface area contributed by atoms with Crippen LogP contribution in [0.25, 0.3) is 0 Å². The lowest BCUT2D eigenvalue weighted by Crippen LogP contribution is -2.25. The zero-order valence-electron chi connectivity index (χ0n) is 31.5. The van der Waals surface area contributed by atoms with E-state index in [9.17, 15) is 14.3 Å². The van der Waals surface area contributed by atoms with Crippen LogP contribution in [0.2, 0.25) is 0 Å². The van der Waals surface area contributed by atoms with Gasteiger partial charge in [0.05, 0.1) is 19.5 Å². The zero-order chi connectivity index (χ0) is 35.2. The molecule has 8 nitrogen and oxygen atoms in total. The second-order valence-corrected chi connectivity index (χ2v) is 15.0. The van der Waals surface area contributed by atoms with Crippen LogP contribution in [0.3, 0.4) is 0 Å². The van der Waals surface area contributed by atoms with Gasteiger partial charge >= 0.3 is 13.8 Å². The van der Waals surface area contributed by atoms with E-state index in [0.717, 1.165) is 32.1 Å². The Morgan fingerprint density at radius 3 is 1.48 bits per heavy atom. The molecule has 0 saturated heterocycles. The lowest BCUT2D eigenvalue weighted by molar-refractivity contribution is -0.147. The minimum atomic E-state index is -4.26. The van der Waals surface area contributed by atoms with Gasteiger partial charge in [0.15, 0.2) is 6.10 Å². The fourth-order valence-corrected chi connectivity index (χ4v) is 6.51. The van der Waals surface area contributed by atoms with E-state index < -0.39 is 13.9 Å². The fourth-order valence-electron chi connectivity index (χ4n) is 5.75. The summed E-state index contributed by atoms with van der Waals surface area (Å²) in [4.78, 5) is 22.2. The summed E-state index contributed by atoms with van der Waals surface area (Å²) in [5.41, 5.74) is 5.35. The molecule has 0 heterocycles. The smallest absolute Gasteiger partial charge is 0.472 e. The van der Waals surface area contributed by atoms with Crippen LogP contribution in [-0.4, -0.2) is 43.3 Å². The minimum Gasteiger partial charge on any atom is -0.492 e. The highest BCUT2D eigenvalue weighted by atomic mass is 31.2. The van der Waals surface area contributed by atoms with Gasteiger partial charge in [-0.1, -0.05) is 174 Å². The summed E-state index contributed by atoms with van der Waals surface area (Å²) in [6.45, 7) is 4.24. The van der Waals surface area contributed by atoms with Crippen molar-refractivity contribution in [1.82, 2.24) is 0 Å². The molecule has 2 atom stereocenters. The van der Waals surface area contributed by atoms with Crippen molar-refractivity contribution in [3.8, 4) is 0 Å². The number of rotatable bonds is 39. The molecule has 48 heavy (non-hydrogen) atoms. The van der Waals surface area contributed by atoms with Crippen molar-refractivity contribution in [2.45, 2.75) is 206 Å². The number of carbonyl (C=O) groups is 1. The lowest BCUT2D eigenvalue weighted by Gasteiger charge is -2.19. The van der Waals surface area contributed by atoms with Crippen molar-refractivity contribution in [1.29, 1.82) is 0 Å². The van der Waals surface area contributed by atoms with Gasteiger partial charge in [0, 0.05) is 13.0 Å². The third-order valence-corrected chi connectivity index (χ3v) is 9.79. The largest absolute Gasteiger partial charge is 0.492 e. The van der Waals surface area contributed by atoms with Crippen LogP contribution in [0.4, 0.5) is 0 Å². The highest BCUT2D eigenvalue weighted by Gasteiger charge is 2.24. The molecule has 0 aromatic rings. The summed E-state index contributed by atoms with van der Waals surface area (Å²) in [6.07, 6.45) is 38.9. The molecule has 0 fully saturated rings. The normalized spacial score (nSPS) is 13.6. The summed E-state index contributed by atoms with van der Waals surface area (Å²) in [7, 11) is -4.26. The van der Waals surface area contributed by atoms with E-state index >= 15 is 0 Å². The van der Waals surface area contributed by atoms with Crippen molar-refractivity contribution in [3.63, 3.8) is 0 Å². The van der Waals surface area contributed by atoms with Crippen LogP contribution < -0.4 is 5.73 Å². The van der Waals surface area contributed by atoms with Crippen molar-refractivity contribution in [3.05, 3.63) is 12.3 Å². The molecule has 0 aromatic carbocycles. The maximum atomic E-state index is 12.4. The standard InChI is InChI=1S/C39H78NO7P/c1-3-5-7-9-11-13-15-17-19-20-22-24-26-28-30-32-39(41)45-36-38(37-47-48(42,43)46-35-33-40)44-34-31-29-27-25-23-21-18-16-14-12-10-8-6-4-2/h31,34,38H,3-30,32-33,35-37,40H2,1-2H3,(H,42,43). The molecule has 3 N–H and O–H groups in total. The summed E-state index contributed by atoms with van der Waals surface area (Å²) in [5.74, 6) is -0.287. The second kappa shape index (κ2) is 37.3.